The monoisotopic (exact) mass is 209 g/mol. The number of fused-ring (bicyclic) bond motifs is 1. The molecule has 0 aliphatic carbocycles. The van der Waals surface area contributed by atoms with E-state index in [1.165, 1.54) is 0 Å². The molecule has 78 valence electrons. The zero-order valence-electron chi connectivity index (χ0n) is 8.76. The molecule has 16 heavy (non-hydrogen) atoms. The number of benzene rings is 1. The van der Waals surface area contributed by atoms with Crippen LogP contribution in [-0.2, 0) is 6.54 Å². The van der Waals surface area contributed by atoms with E-state index in [4.69, 9.17) is 0 Å². The van der Waals surface area contributed by atoms with Gasteiger partial charge < -0.3 is 4.57 Å². The first-order valence-corrected chi connectivity index (χ1v) is 5.31. The molecule has 0 radical (unpaired) electrons. The van der Waals surface area contributed by atoms with Gasteiger partial charge in [-0.3, -0.25) is 4.79 Å². The Labute approximate surface area is 93.8 Å². The third-order valence-electron chi connectivity index (χ3n) is 2.82. The molecule has 2 aromatic rings. The maximum atomic E-state index is 12.1. The molecule has 0 saturated carbocycles. The molecule has 0 saturated heterocycles. The van der Waals surface area contributed by atoms with Gasteiger partial charge in [-0.05, 0) is 12.1 Å². The number of hydrogen-bond donors (Lipinski definition) is 0. The Morgan fingerprint density at radius 2 is 1.94 bits per heavy atom. The van der Waals surface area contributed by atoms with E-state index in [1.807, 2.05) is 48.7 Å². The smallest absolute Gasteiger partial charge is 0.194 e. The number of carbonyl (C=O) groups is 1. The lowest BCUT2D eigenvalue weighted by Crippen LogP contribution is -1.99. The number of carbonyl (C=O) groups excluding carboxylic acids is 1. The molecule has 0 N–H and O–H groups in total. The summed E-state index contributed by atoms with van der Waals surface area (Å²) in [5.74, 6) is 0.0934. The van der Waals surface area contributed by atoms with Crippen LogP contribution < -0.4 is 0 Å². The van der Waals surface area contributed by atoms with Gasteiger partial charge in [0.2, 0.25) is 0 Å². The number of allylic oxidation sites excluding steroid dienone is 1. The quantitative estimate of drug-likeness (QED) is 0.697. The second kappa shape index (κ2) is 3.49. The summed E-state index contributed by atoms with van der Waals surface area (Å²) >= 11 is 0. The molecule has 0 bridgehead atoms. The third kappa shape index (κ3) is 1.39. The predicted octanol–water partition coefficient (Wildman–Crippen LogP) is 2.75. The summed E-state index contributed by atoms with van der Waals surface area (Å²) in [6, 6.07) is 11.3. The molecule has 1 aliphatic heterocycles. The lowest BCUT2D eigenvalue weighted by molar-refractivity contribution is 0.103. The minimum absolute atomic E-state index is 0.0934. The minimum Gasteiger partial charge on any atom is -0.343 e. The Morgan fingerprint density at radius 1 is 1.12 bits per heavy atom. The van der Waals surface area contributed by atoms with Gasteiger partial charge >= 0.3 is 0 Å². The standard InChI is InChI=1S/C14H11NO/c16-14(11-5-2-1-3-6-11)12-9-13-7-4-8-15(13)10-12/h1-7,9-10H,8H2. The van der Waals surface area contributed by atoms with Crippen molar-refractivity contribution in [3.63, 3.8) is 0 Å². The SMILES string of the molecule is O=C(c1ccccc1)c1cc2n(c1)CC=C2. The molecular formula is C14H11NO. The topological polar surface area (TPSA) is 22.0 Å². The Hall–Kier alpha value is -2.09. The van der Waals surface area contributed by atoms with Crippen molar-refractivity contribution in [1.82, 2.24) is 4.57 Å². The summed E-state index contributed by atoms with van der Waals surface area (Å²) < 4.78 is 2.08. The average molecular weight is 209 g/mol. The Balaban J connectivity index is 1.98. The molecule has 2 heterocycles. The van der Waals surface area contributed by atoms with Crippen molar-refractivity contribution in [3.05, 3.63) is 65.5 Å². The Bertz CT molecular complexity index is 564. The van der Waals surface area contributed by atoms with Crippen LogP contribution in [0.3, 0.4) is 0 Å². The van der Waals surface area contributed by atoms with Crippen LogP contribution in [0.1, 0.15) is 21.6 Å². The van der Waals surface area contributed by atoms with Crippen molar-refractivity contribution < 1.29 is 4.79 Å². The first-order valence-electron chi connectivity index (χ1n) is 5.31. The first-order chi connectivity index (χ1) is 7.84. The second-order valence-electron chi connectivity index (χ2n) is 3.90. The third-order valence-corrected chi connectivity index (χ3v) is 2.82. The van der Waals surface area contributed by atoms with Crippen LogP contribution in [-0.4, -0.2) is 10.4 Å². The molecule has 0 amide bonds. The van der Waals surface area contributed by atoms with Gasteiger partial charge in [-0.1, -0.05) is 36.4 Å². The van der Waals surface area contributed by atoms with Gasteiger partial charge in [0, 0.05) is 29.6 Å². The van der Waals surface area contributed by atoms with E-state index in [0.717, 1.165) is 23.4 Å². The molecule has 0 fully saturated rings. The van der Waals surface area contributed by atoms with Crippen LogP contribution in [0.15, 0.2) is 48.7 Å². The summed E-state index contributed by atoms with van der Waals surface area (Å²) in [5.41, 5.74) is 2.63. The van der Waals surface area contributed by atoms with Crippen molar-refractivity contribution in [2.75, 3.05) is 0 Å². The summed E-state index contributed by atoms with van der Waals surface area (Å²) in [6.45, 7) is 0.872. The molecule has 1 aliphatic rings. The molecule has 1 aromatic carbocycles. The number of nitrogens with zero attached hydrogens (tertiary/aromatic N) is 1. The van der Waals surface area contributed by atoms with Crippen molar-refractivity contribution in [3.8, 4) is 0 Å². The fraction of sp³-hybridized carbons (Fsp3) is 0.0714. The average Bonchev–Trinajstić information content (AvgIpc) is 2.89. The van der Waals surface area contributed by atoms with Gasteiger partial charge in [0.05, 0.1) is 0 Å². The zero-order chi connectivity index (χ0) is 11.0. The van der Waals surface area contributed by atoms with Crippen molar-refractivity contribution in [1.29, 1.82) is 0 Å². The Kier molecular flexibility index (Phi) is 2.00. The second-order valence-corrected chi connectivity index (χ2v) is 3.90. The maximum absolute atomic E-state index is 12.1. The molecule has 0 unspecified atom stereocenters. The molecule has 1 aromatic heterocycles. The zero-order valence-corrected chi connectivity index (χ0v) is 8.76. The lowest BCUT2D eigenvalue weighted by atomic mass is 10.1. The minimum atomic E-state index is 0.0934. The highest BCUT2D eigenvalue weighted by atomic mass is 16.1. The summed E-state index contributed by atoms with van der Waals surface area (Å²) in [4.78, 5) is 12.1. The highest BCUT2D eigenvalue weighted by molar-refractivity contribution is 6.09. The van der Waals surface area contributed by atoms with Gasteiger partial charge in [0.15, 0.2) is 5.78 Å². The molecular weight excluding hydrogens is 198 g/mol. The fourth-order valence-corrected chi connectivity index (χ4v) is 1.99. The number of aromatic nitrogens is 1. The number of ketones is 1. The van der Waals surface area contributed by atoms with E-state index in [9.17, 15) is 4.79 Å². The van der Waals surface area contributed by atoms with Gasteiger partial charge in [-0.15, -0.1) is 0 Å². The number of rotatable bonds is 2. The van der Waals surface area contributed by atoms with E-state index in [2.05, 4.69) is 10.6 Å². The van der Waals surface area contributed by atoms with Gasteiger partial charge in [-0.25, -0.2) is 0 Å². The summed E-state index contributed by atoms with van der Waals surface area (Å²) in [6.07, 6.45) is 6.05. The van der Waals surface area contributed by atoms with Gasteiger partial charge in [-0.2, -0.15) is 0 Å². The highest BCUT2D eigenvalue weighted by Crippen LogP contribution is 2.18. The summed E-state index contributed by atoms with van der Waals surface area (Å²) in [5, 5.41) is 0. The highest BCUT2D eigenvalue weighted by Gasteiger charge is 2.13. The largest absolute Gasteiger partial charge is 0.343 e. The van der Waals surface area contributed by atoms with Crippen molar-refractivity contribution in [2.24, 2.45) is 0 Å². The predicted molar refractivity (Wildman–Crippen MR) is 63.3 cm³/mol. The molecule has 0 atom stereocenters. The van der Waals surface area contributed by atoms with Crippen LogP contribution in [0.5, 0.6) is 0 Å². The van der Waals surface area contributed by atoms with Crippen molar-refractivity contribution >= 4 is 11.9 Å². The normalized spacial score (nSPS) is 12.8. The van der Waals surface area contributed by atoms with Crippen LogP contribution >= 0.6 is 0 Å². The fourth-order valence-electron chi connectivity index (χ4n) is 1.99. The van der Waals surface area contributed by atoms with Gasteiger partial charge in [0.1, 0.15) is 0 Å². The van der Waals surface area contributed by atoms with E-state index < -0.39 is 0 Å². The molecule has 0 spiro atoms. The van der Waals surface area contributed by atoms with Crippen LogP contribution in [0.2, 0.25) is 0 Å². The number of hydrogen-bond acceptors (Lipinski definition) is 1. The first kappa shape index (κ1) is 9.16. The van der Waals surface area contributed by atoms with E-state index in [-0.39, 0.29) is 5.78 Å². The van der Waals surface area contributed by atoms with Crippen LogP contribution in [0.4, 0.5) is 0 Å². The van der Waals surface area contributed by atoms with E-state index in [1.54, 1.807) is 0 Å². The lowest BCUT2D eigenvalue weighted by Gasteiger charge is -1.97. The Morgan fingerprint density at radius 3 is 2.69 bits per heavy atom. The summed E-state index contributed by atoms with van der Waals surface area (Å²) in [7, 11) is 0. The molecule has 2 nitrogen and oxygen atoms in total. The van der Waals surface area contributed by atoms with E-state index >= 15 is 0 Å². The van der Waals surface area contributed by atoms with Crippen LogP contribution in [0, 0.1) is 0 Å². The maximum Gasteiger partial charge on any atom is 0.194 e. The molecule has 2 heteroatoms. The van der Waals surface area contributed by atoms with Gasteiger partial charge in [0.25, 0.3) is 0 Å². The van der Waals surface area contributed by atoms with E-state index in [0.29, 0.717) is 0 Å². The molecule has 3 rings (SSSR count). The van der Waals surface area contributed by atoms with Crippen LogP contribution in [0.25, 0.3) is 6.08 Å². The van der Waals surface area contributed by atoms with Crippen molar-refractivity contribution in [2.45, 2.75) is 6.54 Å².